The number of halogens is 9. The number of cyclic esters (lactones) is 2. The molecule has 0 N–H and O–H groups in total. The van der Waals surface area contributed by atoms with Crippen LogP contribution >= 0.6 is 0 Å². The van der Waals surface area contributed by atoms with Crippen LogP contribution in [-0.4, -0.2) is 49.6 Å². The van der Waals surface area contributed by atoms with Gasteiger partial charge in [0.1, 0.15) is 19.3 Å². The van der Waals surface area contributed by atoms with Crippen LogP contribution in [0, 0.1) is 0 Å². The molecule has 13 heteroatoms. The Morgan fingerprint density at radius 2 is 1.55 bits per heavy atom. The summed E-state index contributed by atoms with van der Waals surface area (Å²) in [5.74, 6) is -10.9. The van der Waals surface area contributed by atoms with Crippen molar-refractivity contribution < 1.29 is 58.5 Å². The predicted molar refractivity (Wildman–Crippen MR) is 47.7 cm³/mol. The van der Waals surface area contributed by atoms with Gasteiger partial charge in [-0.05, 0) is 0 Å². The normalized spacial score (nSPS) is 20.8. The zero-order valence-corrected chi connectivity index (χ0v) is 10.2. The molecule has 0 aromatic carbocycles. The van der Waals surface area contributed by atoms with E-state index in [4.69, 9.17) is 0 Å². The second-order valence-corrected chi connectivity index (χ2v) is 4.22. The fourth-order valence-electron chi connectivity index (χ4n) is 1.24. The van der Waals surface area contributed by atoms with Gasteiger partial charge in [-0.15, -0.1) is 0 Å². The Hall–Kier alpha value is -1.40. The lowest BCUT2D eigenvalue weighted by Crippen LogP contribution is -2.49. The van der Waals surface area contributed by atoms with Gasteiger partial charge in [-0.2, -0.15) is 39.5 Å². The highest BCUT2D eigenvalue weighted by Crippen LogP contribution is 2.43. The molecule has 1 fully saturated rings. The standard InChI is InChI=1S/C9H7F9O4/c10-6(11,1-4-2-20-5(19)22-4)9(17,18)21-3-7(12,13)8(14,15)16/h4H,1-3H2. The Morgan fingerprint density at radius 1 is 1.00 bits per heavy atom. The highest BCUT2D eigenvalue weighted by atomic mass is 19.4. The van der Waals surface area contributed by atoms with Crippen molar-refractivity contribution in [2.24, 2.45) is 0 Å². The number of carbonyl (C=O) groups is 1. The van der Waals surface area contributed by atoms with Crippen LogP contribution in [0.4, 0.5) is 44.3 Å². The van der Waals surface area contributed by atoms with Crippen LogP contribution in [0.1, 0.15) is 6.42 Å². The van der Waals surface area contributed by atoms with Gasteiger partial charge >= 0.3 is 30.3 Å². The summed E-state index contributed by atoms with van der Waals surface area (Å²) in [6, 6.07) is 0. The molecule has 0 spiro atoms. The molecule has 0 aliphatic carbocycles. The van der Waals surface area contributed by atoms with Crippen molar-refractivity contribution in [3.63, 3.8) is 0 Å². The Bertz CT molecular complexity index is 420. The van der Waals surface area contributed by atoms with E-state index in [1.54, 1.807) is 0 Å². The van der Waals surface area contributed by atoms with Gasteiger partial charge in [0.05, 0.1) is 6.42 Å². The molecule has 1 atom stereocenters. The molecular weight excluding hydrogens is 343 g/mol. The summed E-state index contributed by atoms with van der Waals surface area (Å²) < 4.78 is 123. The van der Waals surface area contributed by atoms with E-state index < -0.39 is 56.0 Å². The van der Waals surface area contributed by atoms with Crippen molar-refractivity contribution in [3.05, 3.63) is 0 Å². The molecule has 0 amide bonds. The van der Waals surface area contributed by atoms with E-state index in [9.17, 15) is 44.3 Å². The van der Waals surface area contributed by atoms with Crippen LogP contribution in [0.5, 0.6) is 0 Å². The van der Waals surface area contributed by atoms with Gasteiger partial charge in [-0.3, -0.25) is 0 Å². The fraction of sp³-hybridized carbons (Fsp3) is 0.889. The summed E-state index contributed by atoms with van der Waals surface area (Å²) in [5.41, 5.74) is 0. The first-order valence-corrected chi connectivity index (χ1v) is 5.35. The predicted octanol–water partition coefficient (Wildman–Crippen LogP) is 3.35. The third-order valence-corrected chi connectivity index (χ3v) is 2.41. The third kappa shape index (κ3) is 4.08. The van der Waals surface area contributed by atoms with Crippen molar-refractivity contribution in [1.29, 1.82) is 0 Å². The van der Waals surface area contributed by atoms with Gasteiger partial charge < -0.3 is 14.2 Å². The monoisotopic (exact) mass is 350 g/mol. The lowest BCUT2D eigenvalue weighted by atomic mass is 10.1. The molecule has 1 unspecified atom stereocenters. The molecule has 1 heterocycles. The summed E-state index contributed by atoms with van der Waals surface area (Å²) >= 11 is 0. The molecule has 1 aliphatic rings. The molecule has 1 saturated heterocycles. The maximum Gasteiger partial charge on any atom is 0.508 e. The molecular formula is C9H7F9O4. The second kappa shape index (κ2) is 5.66. The molecule has 0 saturated carbocycles. The molecule has 0 aromatic heterocycles. The Labute approximate surface area is 116 Å². The van der Waals surface area contributed by atoms with Crippen molar-refractivity contribution in [3.8, 4) is 0 Å². The molecule has 1 aliphatic heterocycles. The van der Waals surface area contributed by atoms with Crippen molar-refractivity contribution >= 4 is 6.16 Å². The number of hydrogen-bond donors (Lipinski definition) is 0. The Kier molecular flexibility index (Phi) is 4.80. The van der Waals surface area contributed by atoms with Crippen molar-refractivity contribution in [2.75, 3.05) is 13.2 Å². The molecule has 4 nitrogen and oxygen atoms in total. The first-order chi connectivity index (χ1) is 9.68. The number of alkyl halides is 9. The molecule has 0 radical (unpaired) electrons. The maximum atomic E-state index is 13.2. The summed E-state index contributed by atoms with van der Waals surface area (Å²) in [5, 5.41) is 0. The number of hydrogen-bond acceptors (Lipinski definition) is 4. The van der Waals surface area contributed by atoms with Crippen LogP contribution in [0.3, 0.4) is 0 Å². The second-order valence-electron chi connectivity index (χ2n) is 4.22. The lowest BCUT2D eigenvalue weighted by molar-refractivity contribution is -0.383. The van der Waals surface area contributed by atoms with E-state index in [2.05, 4.69) is 14.2 Å². The quantitative estimate of drug-likeness (QED) is 0.544. The lowest BCUT2D eigenvalue weighted by Gasteiger charge is -2.29. The summed E-state index contributed by atoms with van der Waals surface area (Å²) in [6.45, 7) is -3.80. The minimum atomic E-state index is -6.24. The first-order valence-electron chi connectivity index (χ1n) is 5.35. The Morgan fingerprint density at radius 3 is 1.95 bits per heavy atom. The van der Waals surface area contributed by atoms with Gasteiger partial charge in [0.2, 0.25) is 0 Å². The molecule has 1 rings (SSSR count). The van der Waals surface area contributed by atoms with E-state index in [0.29, 0.717) is 0 Å². The van der Waals surface area contributed by atoms with Crippen LogP contribution in [0.25, 0.3) is 0 Å². The third-order valence-electron chi connectivity index (χ3n) is 2.41. The van der Waals surface area contributed by atoms with E-state index in [-0.39, 0.29) is 0 Å². The van der Waals surface area contributed by atoms with Crippen LogP contribution in [0.15, 0.2) is 0 Å². The highest BCUT2D eigenvalue weighted by Gasteiger charge is 2.64. The maximum absolute atomic E-state index is 13.2. The average molecular weight is 350 g/mol. The van der Waals surface area contributed by atoms with Gasteiger partial charge in [-0.25, -0.2) is 4.79 Å². The van der Waals surface area contributed by atoms with Gasteiger partial charge in [0.15, 0.2) is 0 Å². The molecule has 130 valence electrons. The van der Waals surface area contributed by atoms with Gasteiger partial charge in [0.25, 0.3) is 0 Å². The zero-order valence-electron chi connectivity index (χ0n) is 10.2. The molecule has 22 heavy (non-hydrogen) atoms. The largest absolute Gasteiger partial charge is 0.508 e. The topological polar surface area (TPSA) is 44.8 Å². The summed E-state index contributed by atoms with van der Waals surface area (Å²) in [6.07, 6.45) is -17.0. The summed E-state index contributed by atoms with van der Waals surface area (Å²) in [7, 11) is 0. The van der Waals surface area contributed by atoms with Crippen LogP contribution in [-0.2, 0) is 14.2 Å². The van der Waals surface area contributed by atoms with E-state index in [1.807, 2.05) is 0 Å². The average Bonchev–Trinajstić information content (AvgIpc) is 2.70. The van der Waals surface area contributed by atoms with E-state index in [0.717, 1.165) is 0 Å². The number of rotatable bonds is 6. The smallest absolute Gasteiger partial charge is 0.430 e. The van der Waals surface area contributed by atoms with Crippen LogP contribution in [0.2, 0.25) is 0 Å². The number of carbonyl (C=O) groups excluding carboxylic acids is 1. The minimum Gasteiger partial charge on any atom is -0.430 e. The molecule has 0 bridgehead atoms. The SMILES string of the molecule is O=C1OCC(CC(F)(F)C(F)(F)OCC(F)(F)C(F)(F)F)O1. The van der Waals surface area contributed by atoms with Crippen molar-refractivity contribution in [1.82, 2.24) is 0 Å². The van der Waals surface area contributed by atoms with Gasteiger partial charge in [0, 0.05) is 0 Å². The minimum absolute atomic E-state index is 0.802. The van der Waals surface area contributed by atoms with Gasteiger partial charge in [-0.1, -0.05) is 0 Å². The van der Waals surface area contributed by atoms with Crippen molar-refractivity contribution in [2.45, 2.75) is 36.7 Å². The van der Waals surface area contributed by atoms with Crippen LogP contribution < -0.4 is 0 Å². The fourth-order valence-corrected chi connectivity index (χ4v) is 1.24. The first kappa shape index (κ1) is 18.6. The van der Waals surface area contributed by atoms with E-state index in [1.165, 1.54) is 0 Å². The summed E-state index contributed by atoms with van der Waals surface area (Å²) in [4.78, 5) is 10.4. The number of ether oxygens (including phenoxy) is 3. The molecule has 0 aromatic rings. The highest BCUT2D eigenvalue weighted by molar-refractivity contribution is 5.61. The zero-order chi connectivity index (χ0) is 17.4. The Balaban J connectivity index is 2.69. The van der Waals surface area contributed by atoms with E-state index >= 15 is 0 Å².